The van der Waals surface area contributed by atoms with Crippen LogP contribution in [0.3, 0.4) is 0 Å². The number of aromatic nitrogens is 2. The van der Waals surface area contributed by atoms with E-state index in [9.17, 15) is 8.42 Å². The first-order chi connectivity index (χ1) is 9.54. The maximum absolute atomic E-state index is 12.2. The third-order valence-electron chi connectivity index (χ3n) is 2.52. The monoisotopic (exact) mass is 325 g/mol. The topological polar surface area (TPSA) is 72.0 Å². The molecule has 3 rings (SSSR count). The third-order valence-corrected chi connectivity index (χ3v) is 5.15. The highest BCUT2D eigenvalue weighted by atomic mass is 35.5. The minimum Gasteiger partial charge on any atom is -0.255 e. The third kappa shape index (κ3) is 2.60. The van der Waals surface area contributed by atoms with E-state index in [1.807, 2.05) is 24.3 Å². The van der Waals surface area contributed by atoms with Crippen molar-refractivity contribution in [3.05, 3.63) is 47.7 Å². The number of anilines is 1. The number of nitrogens with one attached hydrogen (secondary N) is 1. The standard InChI is InChI=1S/C12H8ClN3O2S2/c13-11-7-8(5-6-14-11)20(17,18)16-12-15-9-3-1-2-4-10(9)19-12/h1-7H,(H,15,16). The smallest absolute Gasteiger partial charge is 0.255 e. The summed E-state index contributed by atoms with van der Waals surface area (Å²) in [4.78, 5) is 8.03. The summed E-state index contributed by atoms with van der Waals surface area (Å²) >= 11 is 6.97. The van der Waals surface area contributed by atoms with Crippen molar-refractivity contribution in [2.24, 2.45) is 0 Å². The molecule has 0 unspecified atom stereocenters. The largest absolute Gasteiger partial charge is 0.263 e. The lowest BCUT2D eigenvalue weighted by Gasteiger charge is -2.04. The molecule has 0 fully saturated rings. The molecule has 0 aliphatic rings. The van der Waals surface area contributed by atoms with Gasteiger partial charge in [0.1, 0.15) is 5.15 Å². The molecule has 2 heterocycles. The molecule has 0 atom stereocenters. The van der Waals surface area contributed by atoms with E-state index in [-0.39, 0.29) is 10.0 Å². The molecule has 102 valence electrons. The molecular formula is C12H8ClN3O2S2. The highest BCUT2D eigenvalue weighted by molar-refractivity contribution is 7.93. The summed E-state index contributed by atoms with van der Waals surface area (Å²) in [6.45, 7) is 0. The second kappa shape index (κ2) is 5.01. The minimum absolute atomic E-state index is 0.0526. The van der Waals surface area contributed by atoms with Crippen molar-refractivity contribution in [3.63, 3.8) is 0 Å². The first kappa shape index (κ1) is 13.3. The van der Waals surface area contributed by atoms with E-state index in [1.165, 1.54) is 29.7 Å². The van der Waals surface area contributed by atoms with Crippen LogP contribution >= 0.6 is 22.9 Å². The second-order valence-electron chi connectivity index (χ2n) is 3.91. The highest BCUT2D eigenvalue weighted by Gasteiger charge is 2.17. The fourth-order valence-corrected chi connectivity index (χ4v) is 3.99. The van der Waals surface area contributed by atoms with Gasteiger partial charge in [-0.15, -0.1) is 0 Å². The molecule has 0 spiro atoms. The Morgan fingerprint density at radius 2 is 2.00 bits per heavy atom. The number of rotatable bonds is 3. The molecule has 1 N–H and O–H groups in total. The SMILES string of the molecule is O=S(=O)(Nc1nc2ccccc2s1)c1ccnc(Cl)c1. The lowest BCUT2D eigenvalue weighted by atomic mass is 10.3. The number of halogens is 1. The number of hydrogen-bond acceptors (Lipinski definition) is 5. The van der Waals surface area contributed by atoms with E-state index >= 15 is 0 Å². The van der Waals surface area contributed by atoms with Crippen molar-refractivity contribution in [2.45, 2.75) is 4.90 Å². The zero-order chi connectivity index (χ0) is 14.2. The van der Waals surface area contributed by atoms with Crippen LogP contribution in [0.2, 0.25) is 5.15 Å². The number of pyridine rings is 1. The van der Waals surface area contributed by atoms with Gasteiger partial charge in [0.15, 0.2) is 5.13 Å². The van der Waals surface area contributed by atoms with Crippen molar-refractivity contribution >= 4 is 48.3 Å². The number of benzene rings is 1. The van der Waals surface area contributed by atoms with Crippen LogP contribution in [-0.4, -0.2) is 18.4 Å². The summed E-state index contributed by atoms with van der Waals surface area (Å²) in [5.74, 6) is 0. The molecule has 0 aliphatic heterocycles. The maximum atomic E-state index is 12.2. The Morgan fingerprint density at radius 3 is 2.75 bits per heavy atom. The normalized spacial score (nSPS) is 11.7. The van der Waals surface area contributed by atoms with Crippen LogP contribution in [0.1, 0.15) is 0 Å². The van der Waals surface area contributed by atoms with Gasteiger partial charge < -0.3 is 0 Å². The minimum atomic E-state index is -3.71. The van der Waals surface area contributed by atoms with E-state index in [2.05, 4.69) is 14.7 Å². The molecular weight excluding hydrogens is 318 g/mol. The summed E-state index contributed by atoms with van der Waals surface area (Å²) < 4.78 is 27.8. The van der Waals surface area contributed by atoms with Gasteiger partial charge in [-0.3, -0.25) is 4.72 Å². The maximum Gasteiger partial charge on any atom is 0.263 e. The number of thiazole rings is 1. The van der Waals surface area contributed by atoms with Gasteiger partial charge in [-0.05, 0) is 24.3 Å². The Morgan fingerprint density at radius 1 is 1.20 bits per heavy atom. The van der Waals surface area contributed by atoms with Crippen LogP contribution in [0.4, 0.5) is 5.13 Å². The van der Waals surface area contributed by atoms with Crippen LogP contribution < -0.4 is 4.72 Å². The zero-order valence-corrected chi connectivity index (χ0v) is 12.3. The van der Waals surface area contributed by atoms with E-state index < -0.39 is 10.0 Å². The van der Waals surface area contributed by atoms with Gasteiger partial charge in [-0.25, -0.2) is 18.4 Å². The molecule has 0 saturated heterocycles. The van der Waals surface area contributed by atoms with E-state index in [1.54, 1.807) is 0 Å². The average Bonchev–Trinajstić information content (AvgIpc) is 2.80. The number of hydrogen-bond donors (Lipinski definition) is 1. The predicted molar refractivity (Wildman–Crippen MR) is 79.7 cm³/mol. The van der Waals surface area contributed by atoms with Crippen LogP contribution in [-0.2, 0) is 10.0 Å². The zero-order valence-electron chi connectivity index (χ0n) is 9.95. The second-order valence-corrected chi connectivity index (χ2v) is 7.01. The van der Waals surface area contributed by atoms with Crippen molar-refractivity contribution < 1.29 is 8.42 Å². The quantitative estimate of drug-likeness (QED) is 0.751. The molecule has 3 aromatic rings. The van der Waals surface area contributed by atoms with Crippen molar-refractivity contribution in [3.8, 4) is 0 Å². The Hall–Kier alpha value is -1.70. The molecule has 20 heavy (non-hydrogen) atoms. The first-order valence-corrected chi connectivity index (χ1v) is 8.22. The van der Waals surface area contributed by atoms with Gasteiger partial charge in [0.25, 0.3) is 10.0 Å². The number of sulfonamides is 1. The van der Waals surface area contributed by atoms with Crippen molar-refractivity contribution in [1.82, 2.24) is 9.97 Å². The molecule has 5 nitrogen and oxygen atoms in total. The Labute approximate surface area is 124 Å². The van der Waals surface area contributed by atoms with Gasteiger partial charge in [0.05, 0.1) is 15.1 Å². The summed E-state index contributed by atoms with van der Waals surface area (Å²) in [6, 6.07) is 10.1. The fraction of sp³-hybridized carbons (Fsp3) is 0. The molecule has 0 bridgehead atoms. The summed E-state index contributed by atoms with van der Waals surface area (Å²) in [7, 11) is -3.71. The van der Waals surface area contributed by atoms with Crippen LogP contribution in [0.25, 0.3) is 10.2 Å². The Bertz CT molecular complexity index is 844. The van der Waals surface area contributed by atoms with Crippen LogP contribution in [0.5, 0.6) is 0 Å². The Balaban J connectivity index is 1.97. The van der Waals surface area contributed by atoms with Gasteiger partial charge in [0, 0.05) is 6.20 Å². The summed E-state index contributed by atoms with van der Waals surface area (Å²) in [5, 5.41) is 0.441. The first-order valence-electron chi connectivity index (χ1n) is 5.54. The van der Waals surface area contributed by atoms with Gasteiger partial charge in [-0.1, -0.05) is 35.1 Å². The summed E-state index contributed by atoms with van der Waals surface area (Å²) in [5.41, 5.74) is 0.753. The highest BCUT2D eigenvalue weighted by Crippen LogP contribution is 2.27. The number of nitrogens with zero attached hydrogens (tertiary/aromatic N) is 2. The van der Waals surface area contributed by atoms with Gasteiger partial charge in [0.2, 0.25) is 0 Å². The molecule has 2 aromatic heterocycles. The molecule has 0 amide bonds. The summed E-state index contributed by atoms with van der Waals surface area (Å²) in [6.07, 6.45) is 1.34. The van der Waals surface area contributed by atoms with E-state index in [4.69, 9.17) is 11.6 Å². The number of para-hydroxylation sites is 1. The van der Waals surface area contributed by atoms with Crippen LogP contribution in [0, 0.1) is 0 Å². The van der Waals surface area contributed by atoms with E-state index in [0.29, 0.717) is 5.13 Å². The van der Waals surface area contributed by atoms with E-state index in [0.717, 1.165) is 10.2 Å². The fourth-order valence-electron chi connectivity index (χ4n) is 1.64. The van der Waals surface area contributed by atoms with Gasteiger partial charge in [-0.2, -0.15) is 0 Å². The molecule has 8 heteroatoms. The lowest BCUT2D eigenvalue weighted by molar-refractivity contribution is 0.601. The molecule has 0 saturated carbocycles. The molecule has 0 aliphatic carbocycles. The van der Waals surface area contributed by atoms with Crippen molar-refractivity contribution in [2.75, 3.05) is 4.72 Å². The molecule has 1 aromatic carbocycles. The Kier molecular flexibility index (Phi) is 3.33. The van der Waals surface area contributed by atoms with Crippen LogP contribution in [0.15, 0.2) is 47.5 Å². The molecule has 0 radical (unpaired) electrons. The average molecular weight is 326 g/mol. The van der Waals surface area contributed by atoms with Crippen molar-refractivity contribution in [1.29, 1.82) is 0 Å². The van der Waals surface area contributed by atoms with Gasteiger partial charge >= 0.3 is 0 Å². The lowest BCUT2D eigenvalue weighted by Crippen LogP contribution is -2.12. The predicted octanol–water partition coefficient (Wildman–Crippen LogP) is 3.15. The number of fused-ring (bicyclic) bond motifs is 1.